The Morgan fingerprint density at radius 2 is 1.92 bits per heavy atom. The van der Waals surface area contributed by atoms with Crippen molar-refractivity contribution in [3.8, 4) is 11.5 Å². The molecular formula is C18H25N5O3. The van der Waals surface area contributed by atoms with Crippen molar-refractivity contribution < 1.29 is 14.3 Å². The highest BCUT2D eigenvalue weighted by Crippen LogP contribution is 2.18. The van der Waals surface area contributed by atoms with Crippen molar-refractivity contribution in [3.63, 3.8) is 0 Å². The molecule has 0 radical (unpaired) electrons. The number of amides is 1. The Bertz CT molecular complexity index is 724. The number of aryl methyl sites for hydroxylation is 1. The molecule has 8 nitrogen and oxygen atoms in total. The van der Waals surface area contributed by atoms with E-state index in [0.717, 1.165) is 18.1 Å². The first kappa shape index (κ1) is 19.3. The number of hydrogen-bond acceptors (Lipinski definition) is 7. The number of carbonyl (C=O) groups excluding carboxylic acids is 1. The average Bonchev–Trinajstić information content (AvgIpc) is 2.63. The summed E-state index contributed by atoms with van der Waals surface area (Å²) in [7, 11) is 1.58. The first-order valence-corrected chi connectivity index (χ1v) is 8.47. The van der Waals surface area contributed by atoms with Crippen molar-refractivity contribution in [3.05, 3.63) is 36.0 Å². The van der Waals surface area contributed by atoms with Gasteiger partial charge >= 0.3 is 0 Å². The number of benzene rings is 1. The van der Waals surface area contributed by atoms with Crippen LogP contribution in [0.2, 0.25) is 0 Å². The normalized spacial score (nSPS) is 10.1. The van der Waals surface area contributed by atoms with Gasteiger partial charge in [-0.15, -0.1) is 0 Å². The maximum absolute atomic E-state index is 11.8. The Balaban J connectivity index is 1.70. The van der Waals surface area contributed by atoms with E-state index in [1.807, 2.05) is 26.0 Å². The number of hydrogen-bond donors (Lipinski definition) is 3. The van der Waals surface area contributed by atoms with Crippen molar-refractivity contribution >= 4 is 17.7 Å². The molecule has 0 spiro atoms. The zero-order chi connectivity index (χ0) is 18.8. The van der Waals surface area contributed by atoms with Crippen LogP contribution in [0.5, 0.6) is 11.5 Å². The van der Waals surface area contributed by atoms with E-state index in [1.165, 1.54) is 0 Å². The summed E-state index contributed by atoms with van der Waals surface area (Å²) in [5.41, 5.74) is 0.870. The fourth-order valence-electron chi connectivity index (χ4n) is 2.18. The van der Waals surface area contributed by atoms with Gasteiger partial charge in [-0.2, -0.15) is 4.98 Å². The molecule has 0 aliphatic carbocycles. The summed E-state index contributed by atoms with van der Waals surface area (Å²) in [5, 5.41) is 9.04. The quantitative estimate of drug-likeness (QED) is 0.557. The predicted octanol–water partition coefficient (Wildman–Crippen LogP) is 1.83. The van der Waals surface area contributed by atoms with Crippen molar-refractivity contribution in [2.75, 3.05) is 44.0 Å². The lowest BCUT2D eigenvalue weighted by Crippen LogP contribution is -2.32. The van der Waals surface area contributed by atoms with Crippen molar-refractivity contribution in [2.24, 2.45) is 0 Å². The van der Waals surface area contributed by atoms with E-state index in [0.29, 0.717) is 30.5 Å². The van der Waals surface area contributed by atoms with Gasteiger partial charge in [0.1, 0.15) is 17.3 Å². The zero-order valence-corrected chi connectivity index (χ0v) is 15.3. The van der Waals surface area contributed by atoms with Crippen LogP contribution in [0.15, 0.2) is 30.3 Å². The molecule has 0 aliphatic heterocycles. The maximum Gasteiger partial charge on any atom is 0.258 e. The van der Waals surface area contributed by atoms with Gasteiger partial charge in [0.15, 0.2) is 6.61 Å². The number of nitrogens with zero attached hydrogens (tertiary/aromatic N) is 2. The van der Waals surface area contributed by atoms with Crippen LogP contribution < -0.4 is 25.4 Å². The summed E-state index contributed by atoms with van der Waals surface area (Å²) in [5.74, 6) is 2.39. The number of anilines is 2. The lowest BCUT2D eigenvalue weighted by molar-refractivity contribution is -0.123. The predicted molar refractivity (Wildman–Crippen MR) is 101 cm³/mol. The molecule has 0 saturated carbocycles. The van der Waals surface area contributed by atoms with Gasteiger partial charge in [-0.3, -0.25) is 4.79 Å². The lowest BCUT2D eigenvalue weighted by Gasteiger charge is -2.10. The van der Waals surface area contributed by atoms with Gasteiger partial charge in [-0.1, -0.05) is 6.07 Å². The van der Waals surface area contributed by atoms with Crippen LogP contribution in [0.1, 0.15) is 12.6 Å². The number of aromatic nitrogens is 2. The molecule has 0 aliphatic rings. The summed E-state index contributed by atoms with van der Waals surface area (Å²) in [6.07, 6.45) is 0. The highest BCUT2D eigenvalue weighted by atomic mass is 16.5. The maximum atomic E-state index is 11.8. The smallest absolute Gasteiger partial charge is 0.258 e. The number of ether oxygens (including phenoxy) is 2. The summed E-state index contributed by atoms with van der Waals surface area (Å²) in [4.78, 5) is 20.5. The molecule has 1 aromatic heterocycles. The van der Waals surface area contributed by atoms with Crippen LogP contribution >= 0.6 is 0 Å². The zero-order valence-electron chi connectivity index (χ0n) is 15.3. The third-order valence-corrected chi connectivity index (χ3v) is 3.35. The molecule has 1 heterocycles. The van der Waals surface area contributed by atoms with Gasteiger partial charge in [0.25, 0.3) is 5.91 Å². The number of methoxy groups -OCH3 is 1. The Morgan fingerprint density at radius 3 is 2.69 bits per heavy atom. The SMILES string of the molecule is CCNc1nc(C)cc(NCCNC(=O)COc2cccc(OC)c2)n1. The molecule has 0 unspecified atom stereocenters. The fourth-order valence-corrected chi connectivity index (χ4v) is 2.18. The van der Waals surface area contributed by atoms with E-state index in [2.05, 4.69) is 25.9 Å². The van der Waals surface area contributed by atoms with E-state index >= 15 is 0 Å². The molecule has 1 amide bonds. The van der Waals surface area contributed by atoms with Crippen molar-refractivity contribution in [1.29, 1.82) is 0 Å². The standard InChI is InChI=1S/C18H25N5O3/c1-4-19-18-22-13(2)10-16(23-18)20-8-9-21-17(24)12-26-15-7-5-6-14(11-15)25-3/h5-7,10-11H,4,8-9,12H2,1-3H3,(H,21,24)(H2,19,20,22,23). The van der Waals surface area contributed by atoms with Crippen LogP contribution in [-0.4, -0.2) is 49.2 Å². The molecule has 2 rings (SSSR count). The van der Waals surface area contributed by atoms with Crippen LogP contribution in [0.4, 0.5) is 11.8 Å². The third kappa shape index (κ3) is 6.46. The van der Waals surface area contributed by atoms with E-state index in [-0.39, 0.29) is 12.5 Å². The largest absolute Gasteiger partial charge is 0.497 e. The minimum atomic E-state index is -0.193. The van der Waals surface area contributed by atoms with E-state index in [1.54, 1.807) is 25.3 Å². The summed E-state index contributed by atoms with van der Waals surface area (Å²) in [6.45, 7) is 5.61. The molecule has 140 valence electrons. The average molecular weight is 359 g/mol. The van der Waals surface area contributed by atoms with E-state index < -0.39 is 0 Å². The Hall–Kier alpha value is -3.03. The molecule has 3 N–H and O–H groups in total. The summed E-state index contributed by atoms with van der Waals surface area (Å²) < 4.78 is 10.6. The van der Waals surface area contributed by atoms with Crippen LogP contribution in [0.25, 0.3) is 0 Å². The molecule has 1 aromatic carbocycles. The Morgan fingerprint density at radius 1 is 1.12 bits per heavy atom. The second-order valence-electron chi connectivity index (χ2n) is 5.49. The Labute approximate surface area is 153 Å². The monoisotopic (exact) mass is 359 g/mol. The van der Waals surface area contributed by atoms with Crippen molar-refractivity contribution in [2.45, 2.75) is 13.8 Å². The van der Waals surface area contributed by atoms with Gasteiger partial charge in [0.2, 0.25) is 5.95 Å². The molecule has 0 fully saturated rings. The van der Waals surface area contributed by atoms with Gasteiger partial charge < -0.3 is 25.4 Å². The Kier molecular flexibility index (Phi) is 7.48. The molecular weight excluding hydrogens is 334 g/mol. The van der Waals surface area contributed by atoms with Gasteiger partial charge in [-0.05, 0) is 26.0 Å². The van der Waals surface area contributed by atoms with E-state index in [4.69, 9.17) is 9.47 Å². The van der Waals surface area contributed by atoms with Gasteiger partial charge in [-0.25, -0.2) is 4.98 Å². The molecule has 8 heteroatoms. The van der Waals surface area contributed by atoms with Crippen LogP contribution in [-0.2, 0) is 4.79 Å². The first-order valence-electron chi connectivity index (χ1n) is 8.47. The first-order chi connectivity index (χ1) is 12.6. The molecule has 26 heavy (non-hydrogen) atoms. The molecule has 0 saturated heterocycles. The van der Waals surface area contributed by atoms with Crippen LogP contribution in [0, 0.1) is 6.92 Å². The highest BCUT2D eigenvalue weighted by molar-refractivity contribution is 5.77. The number of nitrogens with one attached hydrogen (secondary N) is 3. The number of rotatable bonds is 10. The third-order valence-electron chi connectivity index (χ3n) is 3.35. The molecule has 2 aromatic rings. The van der Waals surface area contributed by atoms with Crippen molar-refractivity contribution in [1.82, 2.24) is 15.3 Å². The topological polar surface area (TPSA) is 97.4 Å². The molecule has 0 bridgehead atoms. The second-order valence-corrected chi connectivity index (χ2v) is 5.49. The highest BCUT2D eigenvalue weighted by Gasteiger charge is 2.04. The van der Waals surface area contributed by atoms with Gasteiger partial charge in [0.05, 0.1) is 7.11 Å². The van der Waals surface area contributed by atoms with Crippen LogP contribution in [0.3, 0.4) is 0 Å². The van der Waals surface area contributed by atoms with Gasteiger partial charge in [0, 0.05) is 37.5 Å². The second kappa shape index (κ2) is 10.1. The van der Waals surface area contributed by atoms with E-state index in [9.17, 15) is 4.79 Å². The minimum absolute atomic E-state index is 0.0512. The minimum Gasteiger partial charge on any atom is -0.497 e. The lowest BCUT2D eigenvalue weighted by atomic mass is 10.3. The summed E-state index contributed by atoms with van der Waals surface area (Å²) in [6, 6.07) is 8.98. The fraction of sp³-hybridized carbons (Fsp3) is 0.389. The summed E-state index contributed by atoms with van der Waals surface area (Å²) >= 11 is 0. The molecule has 0 atom stereocenters. The number of carbonyl (C=O) groups is 1.